The molecule has 2 aromatic heterocycles. The number of nitrogens with zero attached hydrogens (tertiary/aromatic N) is 2. The zero-order valence-corrected chi connectivity index (χ0v) is 18.9. The number of pyridine rings is 1. The van der Waals surface area contributed by atoms with Gasteiger partial charge >= 0.3 is 12.1 Å². The Hall–Kier alpha value is -4.39. The molecule has 0 aliphatic heterocycles. The number of benzene rings is 2. The first kappa shape index (κ1) is 22.8. The molecule has 0 spiro atoms. The first-order valence-electron chi connectivity index (χ1n) is 10.9. The van der Waals surface area contributed by atoms with Crippen LogP contribution in [0.4, 0.5) is 10.6 Å². The Bertz CT molecular complexity index is 1280. The van der Waals surface area contributed by atoms with Gasteiger partial charge in [0.2, 0.25) is 0 Å². The van der Waals surface area contributed by atoms with Gasteiger partial charge in [-0.1, -0.05) is 54.6 Å². The van der Waals surface area contributed by atoms with Gasteiger partial charge in [-0.2, -0.15) is 0 Å². The fourth-order valence-corrected chi connectivity index (χ4v) is 3.65. The minimum atomic E-state index is -0.861. The van der Waals surface area contributed by atoms with Crippen molar-refractivity contribution in [3.8, 4) is 16.9 Å². The largest absolute Gasteiger partial charge is 0.481 e. The molecular weight excluding hydrogens is 430 g/mol. The van der Waals surface area contributed by atoms with Gasteiger partial charge in [0.25, 0.3) is 0 Å². The molecule has 7 heteroatoms. The van der Waals surface area contributed by atoms with E-state index in [4.69, 9.17) is 9.84 Å². The molecule has 4 aromatic rings. The molecule has 0 radical (unpaired) electrons. The van der Waals surface area contributed by atoms with E-state index in [9.17, 15) is 9.59 Å². The SMILES string of the molecule is Cc1ccn(-c2ccc(-c3ccc(CC(=O)O)cc3)nc2)c1NC(=O)OC(C)c1ccccc1. The molecule has 34 heavy (non-hydrogen) atoms. The molecule has 0 bridgehead atoms. The Kier molecular flexibility index (Phi) is 6.73. The first-order chi connectivity index (χ1) is 16.4. The molecular formula is C27H25N3O4. The van der Waals surface area contributed by atoms with Gasteiger partial charge in [-0.15, -0.1) is 0 Å². The smallest absolute Gasteiger partial charge is 0.413 e. The number of amides is 1. The lowest BCUT2D eigenvalue weighted by molar-refractivity contribution is -0.136. The number of ether oxygens (including phenoxy) is 1. The molecule has 0 fully saturated rings. The Labute approximate surface area is 197 Å². The Morgan fingerprint density at radius 2 is 1.76 bits per heavy atom. The van der Waals surface area contributed by atoms with E-state index >= 15 is 0 Å². The van der Waals surface area contributed by atoms with Crippen LogP contribution >= 0.6 is 0 Å². The summed E-state index contributed by atoms with van der Waals surface area (Å²) in [7, 11) is 0. The number of nitrogens with one attached hydrogen (secondary N) is 1. The van der Waals surface area contributed by atoms with Gasteiger partial charge in [-0.05, 0) is 48.7 Å². The molecule has 1 atom stereocenters. The molecule has 0 saturated carbocycles. The number of aryl methyl sites for hydroxylation is 1. The van der Waals surface area contributed by atoms with E-state index in [0.717, 1.165) is 33.6 Å². The number of hydrogen-bond donors (Lipinski definition) is 2. The first-order valence-corrected chi connectivity index (χ1v) is 10.9. The lowest BCUT2D eigenvalue weighted by atomic mass is 10.1. The lowest BCUT2D eigenvalue weighted by Crippen LogP contribution is -2.18. The standard InChI is InChI=1S/C27H25N3O4/c1-18-14-15-30(26(18)29-27(33)34-19(2)21-6-4-3-5-7-21)23-12-13-24(28-17-23)22-10-8-20(9-11-22)16-25(31)32/h3-15,17,19H,16H2,1-2H3,(H,29,33)(H,31,32). The van der Waals surface area contributed by atoms with E-state index in [2.05, 4.69) is 10.3 Å². The minimum Gasteiger partial charge on any atom is -0.481 e. The van der Waals surface area contributed by atoms with Crippen LogP contribution < -0.4 is 5.32 Å². The van der Waals surface area contributed by atoms with Crippen LogP contribution in [0, 0.1) is 6.92 Å². The molecule has 0 saturated heterocycles. The number of carbonyl (C=O) groups is 2. The van der Waals surface area contributed by atoms with E-state index < -0.39 is 12.1 Å². The molecule has 0 aliphatic rings. The molecule has 2 heterocycles. The third kappa shape index (κ3) is 5.32. The molecule has 2 N–H and O–H groups in total. The van der Waals surface area contributed by atoms with Crippen molar-refractivity contribution in [3.05, 3.63) is 102 Å². The zero-order chi connectivity index (χ0) is 24.1. The number of aromatic nitrogens is 2. The molecule has 0 aliphatic carbocycles. The van der Waals surface area contributed by atoms with E-state index in [1.54, 1.807) is 18.3 Å². The number of carbonyl (C=O) groups excluding carboxylic acids is 1. The van der Waals surface area contributed by atoms with Crippen LogP contribution in [0.25, 0.3) is 16.9 Å². The summed E-state index contributed by atoms with van der Waals surface area (Å²) < 4.78 is 7.39. The fourth-order valence-electron chi connectivity index (χ4n) is 3.65. The van der Waals surface area contributed by atoms with Crippen LogP contribution in [0.3, 0.4) is 0 Å². The summed E-state index contributed by atoms with van der Waals surface area (Å²) in [5.41, 5.74) is 4.98. The maximum atomic E-state index is 12.6. The highest BCUT2D eigenvalue weighted by atomic mass is 16.6. The van der Waals surface area contributed by atoms with Gasteiger partial charge in [0, 0.05) is 11.8 Å². The highest BCUT2D eigenvalue weighted by Crippen LogP contribution is 2.25. The zero-order valence-electron chi connectivity index (χ0n) is 18.9. The predicted molar refractivity (Wildman–Crippen MR) is 130 cm³/mol. The number of aliphatic carboxylic acids is 1. The van der Waals surface area contributed by atoms with Crippen molar-refractivity contribution in [2.45, 2.75) is 26.4 Å². The van der Waals surface area contributed by atoms with Gasteiger partial charge in [-0.25, -0.2) is 4.79 Å². The van der Waals surface area contributed by atoms with E-state index in [-0.39, 0.29) is 12.5 Å². The number of anilines is 1. The van der Waals surface area contributed by atoms with Crippen LogP contribution in [-0.2, 0) is 16.0 Å². The molecule has 4 rings (SSSR count). The highest BCUT2D eigenvalue weighted by Gasteiger charge is 2.16. The lowest BCUT2D eigenvalue weighted by Gasteiger charge is -2.16. The maximum Gasteiger partial charge on any atom is 0.413 e. The second-order valence-corrected chi connectivity index (χ2v) is 7.97. The monoisotopic (exact) mass is 455 g/mol. The summed E-state index contributed by atoms with van der Waals surface area (Å²) in [6, 6.07) is 22.6. The molecule has 1 unspecified atom stereocenters. The Morgan fingerprint density at radius 3 is 2.41 bits per heavy atom. The molecule has 1 amide bonds. The van der Waals surface area contributed by atoms with Crippen LogP contribution in [0.5, 0.6) is 0 Å². The van der Waals surface area contributed by atoms with Crippen molar-refractivity contribution in [2.75, 3.05) is 5.32 Å². The molecule has 7 nitrogen and oxygen atoms in total. The topological polar surface area (TPSA) is 93.5 Å². The van der Waals surface area contributed by atoms with E-state index in [0.29, 0.717) is 5.82 Å². The number of carboxylic acids is 1. The van der Waals surface area contributed by atoms with Gasteiger partial charge in [0.15, 0.2) is 0 Å². The Balaban J connectivity index is 1.48. The quantitative estimate of drug-likeness (QED) is 0.368. The minimum absolute atomic E-state index is 0.0119. The number of rotatable bonds is 7. The normalized spacial score (nSPS) is 11.6. The van der Waals surface area contributed by atoms with E-state index in [1.165, 1.54) is 0 Å². The summed E-state index contributed by atoms with van der Waals surface area (Å²) in [5, 5.41) is 11.8. The summed E-state index contributed by atoms with van der Waals surface area (Å²) in [4.78, 5) is 28.0. The van der Waals surface area contributed by atoms with Crippen LogP contribution in [-0.4, -0.2) is 26.7 Å². The molecule has 2 aromatic carbocycles. The fraction of sp³-hybridized carbons (Fsp3) is 0.148. The number of carboxylic acid groups (broad SMARTS) is 1. The summed E-state index contributed by atoms with van der Waals surface area (Å²) in [5.74, 6) is -0.252. The van der Waals surface area contributed by atoms with Crippen molar-refractivity contribution in [2.24, 2.45) is 0 Å². The van der Waals surface area contributed by atoms with Gasteiger partial charge in [0.05, 0.1) is 24.0 Å². The van der Waals surface area contributed by atoms with Crippen LogP contribution in [0.2, 0.25) is 0 Å². The van der Waals surface area contributed by atoms with Crippen molar-refractivity contribution >= 4 is 17.9 Å². The van der Waals surface area contributed by atoms with Gasteiger partial charge in [-0.3, -0.25) is 15.1 Å². The average Bonchev–Trinajstić information content (AvgIpc) is 3.19. The van der Waals surface area contributed by atoms with Gasteiger partial charge in [0.1, 0.15) is 11.9 Å². The summed E-state index contributed by atoms with van der Waals surface area (Å²) >= 11 is 0. The highest BCUT2D eigenvalue weighted by molar-refractivity contribution is 5.85. The Morgan fingerprint density at radius 1 is 1.03 bits per heavy atom. The second-order valence-electron chi connectivity index (χ2n) is 7.97. The average molecular weight is 456 g/mol. The summed E-state index contributed by atoms with van der Waals surface area (Å²) in [6.45, 7) is 3.74. The number of hydrogen-bond acceptors (Lipinski definition) is 4. The van der Waals surface area contributed by atoms with Crippen molar-refractivity contribution in [1.82, 2.24) is 9.55 Å². The van der Waals surface area contributed by atoms with Crippen molar-refractivity contribution < 1.29 is 19.4 Å². The maximum absolute atomic E-state index is 12.6. The van der Waals surface area contributed by atoms with E-state index in [1.807, 2.05) is 85.3 Å². The van der Waals surface area contributed by atoms with Crippen molar-refractivity contribution in [1.29, 1.82) is 0 Å². The molecule has 172 valence electrons. The van der Waals surface area contributed by atoms with Gasteiger partial charge < -0.3 is 14.4 Å². The third-order valence-corrected chi connectivity index (χ3v) is 5.49. The van der Waals surface area contributed by atoms with Crippen LogP contribution in [0.1, 0.15) is 29.7 Å². The third-order valence-electron chi connectivity index (χ3n) is 5.49. The predicted octanol–water partition coefficient (Wildman–Crippen LogP) is 5.78. The summed E-state index contributed by atoms with van der Waals surface area (Å²) in [6.07, 6.45) is 2.66. The van der Waals surface area contributed by atoms with Crippen molar-refractivity contribution in [3.63, 3.8) is 0 Å². The van der Waals surface area contributed by atoms with Crippen LogP contribution in [0.15, 0.2) is 85.2 Å². The second kappa shape index (κ2) is 10.0.